The number of carboxylic acids is 1. The molecule has 3 unspecified atom stereocenters. The van der Waals surface area contributed by atoms with Crippen LogP contribution in [0.25, 0.3) is 0 Å². The van der Waals surface area contributed by atoms with Gasteiger partial charge in [-0.2, -0.15) is 0 Å². The minimum Gasteiger partial charge on any atom is -0.481 e. The molecule has 120 valence electrons. The second kappa shape index (κ2) is 7.64. The summed E-state index contributed by atoms with van der Waals surface area (Å²) in [6.45, 7) is 2.46. The van der Waals surface area contributed by atoms with Crippen molar-refractivity contribution in [3.8, 4) is 0 Å². The zero-order chi connectivity index (χ0) is 15.2. The SMILES string of the molecule is CNCC1CCCN(C(=O)NC2CCCCC2C(=O)O)C1. The van der Waals surface area contributed by atoms with Gasteiger partial charge in [0.25, 0.3) is 0 Å². The van der Waals surface area contributed by atoms with Crippen LogP contribution in [0.15, 0.2) is 0 Å². The highest BCUT2D eigenvalue weighted by Crippen LogP contribution is 2.25. The number of hydrogen-bond acceptors (Lipinski definition) is 3. The van der Waals surface area contributed by atoms with Gasteiger partial charge >= 0.3 is 12.0 Å². The molecule has 0 aromatic heterocycles. The van der Waals surface area contributed by atoms with E-state index < -0.39 is 11.9 Å². The monoisotopic (exact) mass is 297 g/mol. The van der Waals surface area contributed by atoms with E-state index in [4.69, 9.17) is 0 Å². The van der Waals surface area contributed by atoms with Gasteiger partial charge in [0.15, 0.2) is 0 Å². The van der Waals surface area contributed by atoms with Crippen LogP contribution in [-0.2, 0) is 4.79 Å². The van der Waals surface area contributed by atoms with E-state index in [0.717, 1.165) is 51.7 Å². The largest absolute Gasteiger partial charge is 0.481 e. The Kier molecular flexibility index (Phi) is 5.85. The minimum atomic E-state index is -0.785. The van der Waals surface area contributed by atoms with Crippen LogP contribution in [0, 0.1) is 11.8 Å². The number of nitrogens with zero attached hydrogens (tertiary/aromatic N) is 1. The molecular formula is C15H27N3O3. The number of likely N-dealkylation sites (tertiary alicyclic amines) is 1. The maximum Gasteiger partial charge on any atom is 0.317 e. The lowest BCUT2D eigenvalue weighted by Gasteiger charge is -2.36. The van der Waals surface area contributed by atoms with Gasteiger partial charge in [0.2, 0.25) is 0 Å². The second-order valence-corrected chi connectivity index (χ2v) is 6.30. The molecule has 3 N–H and O–H groups in total. The molecule has 1 aliphatic heterocycles. The van der Waals surface area contributed by atoms with Gasteiger partial charge in [-0.25, -0.2) is 4.79 Å². The summed E-state index contributed by atoms with van der Waals surface area (Å²) in [5.41, 5.74) is 0. The van der Waals surface area contributed by atoms with E-state index >= 15 is 0 Å². The molecule has 0 aromatic rings. The summed E-state index contributed by atoms with van der Waals surface area (Å²) >= 11 is 0. The number of hydrogen-bond donors (Lipinski definition) is 3. The van der Waals surface area contributed by atoms with Crippen LogP contribution in [0.3, 0.4) is 0 Å². The smallest absolute Gasteiger partial charge is 0.317 e. The van der Waals surface area contributed by atoms with Gasteiger partial charge in [-0.15, -0.1) is 0 Å². The highest BCUT2D eigenvalue weighted by molar-refractivity contribution is 5.77. The number of urea groups is 1. The van der Waals surface area contributed by atoms with Crippen LogP contribution in [-0.4, -0.2) is 54.7 Å². The van der Waals surface area contributed by atoms with Crippen molar-refractivity contribution < 1.29 is 14.7 Å². The number of rotatable bonds is 4. The van der Waals surface area contributed by atoms with Crippen molar-refractivity contribution in [3.05, 3.63) is 0 Å². The number of carboxylic acid groups (broad SMARTS) is 1. The number of carbonyl (C=O) groups excluding carboxylic acids is 1. The molecule has 2 amide bonds. The molecule has 1 aliphatic carbocycles. The Bertz CT molecular complexity index is 373. The maximum absolute atomic E-state index is 12.4. The highest BCUT2D eigenvalue weighted by atomic mass is 16.4. The fourth-order valence-corrected chi connectivity index (χ4v) is 3.55. The molecule has 1 heterocycles. The second-order valence-electron chi connectivity index (χ2n) is 6.30. The molecule has 3 atom stereocenters. The fraction of sp³-hybridized carbons (Fsp3) is 0.867. The molecule has 1 saturated carbocycles. The van der Waals surface area contributed by atoms with Crippen molar-refractivity contribution in [2.45, 2.75) is 44.6 Å². The van der Waals surface area contributed by atoms with E-state index in [1.54, 1.807) is 0 Å². The lowest BCUT2D eigenvalue weighted by Crippen LogP contribution is -2.53. The van der Waals surface area contributed by atoms with E-state index in [9.17, 15) is 14.7 Å². The summed E-state index contributed by atoms with van der Waals surface area (Å²) in [7, 11) is 1.93. The Morgan fingerprint density at radius 2 is 1.95 bits per heavy atom. The third-order valence-corrected chi connectivity index (χ3v) is 4.69. The van der Waals surface area contributed by atoms with E-state index in [0.29, 0.717) is 12.3 Å². The number of aliphatic carboxylic acids is 1. The summed E-state index contributed by atoms with van der Waals surface area (Å²) in [6, 6.07) is -0.303. The number of carbonyl (C=O) groups is 2. The van der Waals surface area contributed by atoms with Gasteiger partial charge in [0.1, 0.15) is 0 Å². The lowest BCUT2D eigenvalue weighted by atomic mass is 9.84. The van der Waals surface area contributed by atoms with E-state index in [-0.39, 0.29) is 12.1 Å². The van der Waals surface area contributed by atoms with E-state index in [1.165, 1.54) is 0 Å². The molecule has 0 spiro atoms. The zero-order valence-electron chi connectivity index (χ0n) is 12.8. The Balaban J connectivity index is 1.88. The summed E-state index contributed by atoms with van der Waals surface area (Å²) in [6.07, 6.45) is 5.55. The van der Waals surface area contributed by atoms with Crippen LogP contribution in [0.2, 0.25) is 0 Å². The van der Waals surface area contributed by atoms with Crippen molar-refractivity contribution in [1.29, 1.82) is 0 Å². The van der Waals surface area contributed by atoms with Crippen molar-refractivity contribution in [3.63, 3.8) is 0 Å². The summed E-state index contributed by atoms with van der Waals surface area (Å²) in [4.78, 5) is 25.5. The molecular weight excluding hydrogens is 270 g/mol. The first-order valence-corrected chi connectivity index (χ1v) is 8.04. The molecule has 6 heteroatoms. The Morgan fingerprint density at radius 3 is 2.67 bits per heavy atom. The van der Waals surface area contributed by atoms with Crippen LogP contribution >= 0.6 is 0 Å². The molecule has 6 nitrogen and oxygen atoms in total. The molecule has 2 rings (SSSR count). The quantitative estimate of drug-likeness (QED) is 0.730. The van der Waals surface area contributed by atoms with Crippen LogP contribution < -0.4 is 10.6 Å². The third kappa shape index (κ3) is 4.33. The molecule has 0 radical (unpaired) electrons. The average Bonchev–Trinajstić information content (AvgIpc) is 2.48. The Hall–Kier alpha value is -1.30. The van der Waals surface area contributed by atoms with Gasteiger partial charge in [0, 0.05) is 19.1 Å². The first-order chi connectivity index (χ1) is 10.1. The van der Waals surface area contributed by atoms with Gasteiger partial charge in [0.05, 0.1) is 5.92 Å². The van der Waals surface area contributed by atoms with Gasteiger partial charge < -0.3 is 20.6 Å². The summed E-state index contributed by atoms with van der Waals surface area (Å²) in [5.74, 6) is -0.719. The van der Waals surface area contributed by atoms with Gasteiger partial charge in [-0.05, 0) is 45.2 Å². The standard InChI is InChI=1S/C15H27N3O3/c1-16-9-11-5-4-8-18(10-11)15(21)17-13-7-3-2-6-12(13)14(19)20/h11-13,16H,2-10H2,1H3,(H,17,21)(H,19,20). The Morgan fingerprint density at radius 1 is 1.19 bits per heavy atom. The van der Waals surface area contributed by atoms with Crippen molar-refractivity contribution in [1.82, 2.24) is 15.5 Å². The molecule has 2 fully saturated rings. The first kappa shape index (κ1) is 16.1. The summed E-state index contributed by atoms with van der Waals surface area (Å²) in [5, 5.41) is 15.4. The van der Waals surface area contributed by atoms with Gasteiger partial charge in [-0.3, -0.25) is 4.79 Å². The molecule has 0 bridgehead atoms. The highest BCUT2D eigenvalue weighted by Gasteiger charge is 2.33. The number of amides is 2. The minimum absolute atomic E-state index is 0.0889. The number of nitrogens with one attached hydrogen (secondary N) is 2. The maximum atomic E-state index is 12.4. The fourth-order valence-electron chi connectivity index (χ4n) is 3.55. The van der Waals surface area contributed by atoms with E-state index in [1.807, 2.05) is 11.9 Å². The third-order valence-electron chi connectivity index (χ3n) is 4.69. The molecule has 2 aliphatic rings. The Labute approximate surface area is 126 Å². The normalized spacial score (nSPS) is 30.0. The van der Waals surface area contributed by atoms with Crippen LogP contribution in [0.1, 0.15) is 38.5 Å². The van der Waals surface area contributed by atoms with Crippen LogP contribution in [0.5, 0.6) is 0 Å². The first-order valence-electron chi connectivity index (χ1n) is 8.04. The predicted octanol–water partition coefficient (Wildman–Crippen LogP) is 1.27. The zero-order valence-corrected chi connectivity index (χ0v) is 12.8. The average molecular weight is 297 g/mol. The van der Waals surface area contributed by atoms with Gasteiger partial charge in [-0.1, -0.05) is 12.8 Å². The molecule has 1 saturated heterocycles. The van der Waals surface area contributed by atoms with Crippen molar-refractivity contribution >= 4 is 12.0 Å². The molecule has 21 heavy (non-hydrogen) atoms. The van der Waals surface area contributed by atoms with E-state index in [2.05, 4.69) is 10.6 Å². The predicted molar refractivity (Wildman–Crippen MR) is 80.1 cm³/mol. The number of piperidine rings is 1. The van der Waals surface area contributed by atoms with Crippen molar-refractivity contribution in [2.75, 3.05) is 26.7 Å². The topological polar surface area (TPSA) is 81.7 Å². The lowest BCUT2D eigenvalue weighted by molar-refractivity contribution is -0.143. The molecule has 0 aromatic carbocycles. The van der Waals surface area contributed by atoms with Crippen molar-refractivity contribution in [2.24, 2.45) is 11.8 Å². The van der Waals surface area contributed by atoms with Crippen LogP contribution in [0.4, 0.5) is 4.79 Å². The summed E-state index contributed by atoms with van der Waals surface area (Å²) < 4.78 is 0.